The van der Waals surface area contributed by atoms with E-state index in [4.69, 9.17) is 5.73 Å². The Hall–Kier alpha value is -0.120. The average molecular weight is 186 g/mol. The molecular weight excluding hydrogens is 164 g/mol. The first-order chi connectivity index (χ1) is 6.13. The summed E-state index contributed by atoms with van der Waals surface area (Å²) in [6, 6.07) is 0. The molecule has 1 saturated heterocycles. The van der Waals surface area contributed by atoms with Gasteiger partial charge in [0.15, 0.2) is 0 Å². The van der Waals surface area contributed by atoms with Crippen LogP contribution in [0.4, 0.5) is 0 Å². The molecule has 1 aliphatic rings. The van der Waals surface area contributed by atoms with E-state index in [1.165, 1.54) is 0 Å². The Labute approximate surface area is 80.9 Å². The Morgan fingerprint density at radius 1 is 1.54 bits per heavy atom. The topological polar surface area (TPSA) is 49.5 Å². The Morgan fingerprint density at radius 3 is 2.69 bits per heavy atom. The minimum Gasteiger partial charge on any atom is -0.393 e. The lowest BCUT2D eigenvalue weighted by atomic mass is 10.0. The van der Waals surface area contributed by atoms with Crippen LogP contribution in [-0.2, 0) is 0 Å². The monoisotopic (exact) mass is 186 g/mol. The molecule has 3 atom stereocenters. The summed E-state index contributed by atoms with van der Waals surface area (Å²) in [5, 5.41) is 9.41. The maximum Gasteiger partial charge on any atom is 0.0552 e. The number of aliphatic hydroxyl groups excluding tert-OH is 1. The summed E-state index contributed by atoms with van der Waals surface area (Å²) in [6.07, 6.45) is 0.979. The minimum atomic E-state index is -0.154. The lowest BCUT2D eigenvalue weighted by Crippen LogP contribution is -2.31. The Balaban J connectivity index is 2.25. The van der Waals surface area contributed by atoms with Gasteiger partial charge >= 0.3 is 0 Å². The number of hydrogen-bond donors (Lipinski definition) is 2. The second-order valence-electron chi connectivity index (χ2n) is 4.39. The Kier molecular flexibility index (Phi) is 4.16. The number of aliphatic hydroxyl groups is 1. The van der Waals surface area contributed by atoms with Crippen molar-refractivity contribution in [2.24, 2.45) is 17.6 Å². The van der Waals surface area contributed by atoms with Crippen LogP contribution < -0.4 is 5.73 Å². The van der Waals surface area contributed by atoms with Crippen molar-refractivity contribution in [2.75, 3.05) is 26.2 Å². The molecule has 3 heteroatoms. The van der Waals surface area contributed by atoms with E-state index < -0.39 is 0 Å². The van der Waals surface area contributed by atoms with Crippen molar-refractivity contribution in [1.82, 2.24) is 4.90 Å². The molecule has 78 valence electrons. The van der Waals surface area contributed by atoms with Crippen LogP contribution in [0.2, 0.25) is 0 Å². The molecule has 0 bridgehead atoms. The van der Waals surface area contributed by atoms with Gasteiger partial charge in [-0.3, -0.25) is 0 Å². The molecule has 0 aromatic heterocycles. The molecule has 1 rings (SSSR count). The first-order valence-electron chi connectivity index (χ1n) is 5.24. The van der Waals surface area contributed by atoms with Gasteiger partial charge in [0.2, 0.25) is 0 Å². The lowest BCUT2D eigenvalue weighted by Gasteiger charge is -2.20. The van der Waals surface area contributed by atoms with Gasteiger partial charge < -0.3 is 15.7 Å². The quantitative estimate of drug-likeness (QED) is 0.663. The van der Waals surface area contributed by atoms with Crippen LogP contribution in [0.5, 0.6) is 0 Å². The maximum atomic E-state index is 9.41. The van der Waals surface area contributed by atoms with E-state index in [1.807, 2.05) is 6.92 Å². The average Bonchev–Trinajstić information content (AvgIpc) is 2.52. The number of nitrogens with two attached hydrogens (primary N) is 1. The van der Waals surface area contributed by atoms with E-state index in [9.17, 15) is 5.11 Å². The highest BCUT2D eigenvalue weighted by molar-refractivity contribution is 4.79. The second kappa shape index (κ2) is 4.94. The van der Waals surface area contributed by atoms with Crippen molar-refractivity contribution in [3.05, 3.63) is 0 Å². The maximum absolute atomic E-state index is 9.41. The number of rotatable bonds is 4. The molecule has 0 spiro atoms. The Morgan fingerprint density at radius 2 is 2.23 bits per heavy atom. The van der Waals surface area contributed by atoms with Gasteiger partial charge in [-0.05, 0) is 38.3 Å². The Bertz CT molecular complexity index is 150. The fourth-order valence-electron chi connectivity index (χ4n) is 1.94. The third kappa shape index (κ3) is 3.25. The van der Waals surface area contributed by atoms with Gasteiger partial charge in [0.1, 0.15) is 0 Å². The van der Waals surface area contributed by atoms with Crippen LogP contribution in [0.15, 0.2) is 0 Å². The fourth-order valence-corrected chi connectivity index (χ4v) is 1.94. The highest BCUT2D eigenvalue weighted by Crippen LogP contribution is 2.20. The van der Waals surface area contributed by atoms with Crippen LogP contribution in [0.25, 0.3) is 0 Å². The van der Waals surface area contributed by atoms with Gasteiger partial charge in [-0.25, -0.2) is 0 Å². The molecule has 0 radical (unpaired) electrons. The summed E-state index contributed by atoms with van der Waals surface area (Å²) < 4.78 is 0. The largest absolute Gasteiger partial charge is 0.393 e. The predicted octanol–water partition coefficient (Wildman–Crippen LogP) is 0.284. The highest BCUT2D eigenvalue weighted by atomic mass is 16.3. The van der Waals surface area contributed by atoms with Crippen LogP contribution in [0.1, 0.15) is 20.3 Å². The molecule has 3 unspecified atom stereocenters. The first kappa shape index (κ1) is 11.0. The summed E-state index contributed by atoms with van der Waals surface area (Å²) >= 11 is 0. The van der Waals surface area contributed by atoms with E-state index in [1.54, 1.807) is 0 Å². The van der Waals surface area contributed by atoms with Gasteiger partial charge in [0.05, 0.1) is 6.10 Å². The van der Waals surface area contributed by atoms with Gasteiger partial charge in [0.25, 0.3) is 0 Å². The molecule has 0 aromatic rings. The van der Waals surface area contributed by atoms with Crippen LogP contribution in [0, 0.1) is 11.8 Å². The van der Waals surface area contributed by atoms with Crippen molar-refractivity contribution < 1.29 is 5.11 Å². The number of hydrogen-bond acceptors (Lipinski definition) is 3. The smallest absolute Gasteiger partial charge is 0.0552 e. The van der Waals surface area contributed by atoms with E-state index >= 15 is 0 Å². The molecule has 1 aliphatic heterocycles. The van der Waals surface area contributed by atoms with Crippen molar-refractivity contribution in [2.45, 2.75) is 26.4 Å². The first-order valence-corrected chi connectivity index (χ1v) is 5.24. The molecular formula is C10H22N2O. The van der Waals surface area contributed by atoms with Crippen molar-refractivity contribution in [3.63, 3.8) is 0 Å². The predicted molar refractivity (Wildman–Crippen MR) is 54.4 cm³/mol. The summed E-state index contributed by atoms with van der Waals surface area (Å²) in [4.78, 5) is 2.41. The molecule has 0 amide bonds. The van der Waals surface area contributed by atoms with Crippen molar-refractivity contribution >= 4 is 0 Å². The number of likely N-dealkylation sites (tertiary alicyclic amines) is 1. The van der Waals surface area contributed by atoms with E-state index in [-0.39, 0.29) is 6.10 Å². The van der Waals surface area contributed by atoms with E-state index in [0.29, 0.717) is 11.8 Å². The molecule has 1 heterocycles. The van der Waals surface area contributed by atoms with Crippen molar-refractivity contribution in [1.29, 1.82) is 0 Å². The molecule has 13 heavy (non-hydrogen) atoms. The summed E-state index contributed by atoms with van der Waals surface area (Å²) in [7, 11) is 0. The lowest BCUT2D eigenvalue weighted by molar-refractivity contribution is 0.126. The zero-order valence-corrected chi connectivity index (χ0v) is 8.74. The SMILES string of the molecule is CC(CN)CN1CCC(C(C)O)C1. The molecule has 3 nitrogen and oxygen atoms in total. The van der Waals surface area contributed by atoms with Gasteiger partial charge in [-0.15, -0.1) is 0 Å². The van der Waals surface area contributed by atoms with Gasteiger partial charge in [-0.1, -0.05) is 6.92 Å². The van der Waals surface area contributed by atoms with Crippen molar-refractivity contribution in [3.8, 4) is 0 Å². The zero-order valence-electron chi connectivity index (χ0n) is 8.74. The highest BCUT2D eigenvalue weighted by Gasteiger charge is 2.26. The molecule has 0 aliphatic carbocycles. The minimum absolute atomic E-state index is 0.154. The van der Waals surface area contributed by atoms with Crippen LogP contribution in [0.3, 0.4) is 0 Å². The summed E-state index contributed by atoms with van der Waals surface area (Å²) in [6.45, 7) is 8.08. The summed E-state index contributed by atoms with van der Waals surface area (Å²) in [5.74, 6) is 1.05. The van der Waals surface area contributed by atoms with Crippen LogP contribution >= 0.6 is 0 Å². The fraction of sp³-hybridized carbons (Fsp3) is 1.00. The standard InChI is InChI=1S/C10H22N2O/c1-8(5-11)6-12-4-3-10(7-12)9(2)13/h8-10,13H,3-7,11H2,1-2H3. The molecule has 0 aromatic carbocycles. The van der Waals surface area contributed by atoms with E-state index in [2.05, 4.69) is 11.8 Å². The summed E-state index contributed by atoms with van der Waals surface area (Å²) in [5.41, 5.74) is 5.57. The molecule has 0 saturated carbocycles. The second-order valence-corrected chi connectivity index (χ2v) is 4.39. The van der Waals surface area contributed by atoms with Gasteiger partial charge in [0, 0.05) is 13.1 Å². The third-order valence-electron chi connectivity index (χ3n) is 2.96. The molecule has 3 N–H and O–H groups in total. The van der Waals surface area contributed by atoms with Gasteiger partial charge in [-0.2, -0.15) is 0 Å². The van der Waals surface area contributed by atoms with Crippen LogP contribution in [-0.4, -0.2) is 42.3 Å². The number of nitrogens with zero attached hydrogens (tertiary/aromatic N) is 1. The third-order valence-corrected chi connectivity index (χ3v) is 2.96. The zero-order chi connectivity index (χ0) is 9.84. The molecule has 1 fully saturated rings. The van der Waals surface area contributed by atoms with E-state index in [0.717, 1.165) is 32.6 Å². The normalized spacial score (nSPS) is 29.1.